The number of carbonyl (C=O) groups is 2. The van der Waals surface area contributed by atoms with Crippen LogP contribution in [0.3, 0.4) is 0 Å². The highest BCUT2D eigenvalue weighted by molar-refractivity contribution is 7.92. The summed E-state index contributed by atoms with van der Waals surface area (Å²) in [6.45, 7) is 5.80. The molecule has 0 bridgehead atoms. The summed E-state index contributed by atoms with van der Waals surface area (Å²) >= 11 is 18.5. The molecule has 0 aliphatic carbocycles. The molecule has 42 heavy (non-hydrogen) atoms. The lowest BCUT2D eigenvalue weighted by Crippen LogP contribution is -2.52. The lowest BCUT2D eigenvalue weighted by atomic mass is 10.1. The number of amides is 2. The predicted molar refractivity (Wildman–Crippen MR) is 168 cm³/mol. The highest BCUT2D eigenvalue weighted by Crippen LogP contribution is 2.28. The molecule has 3 aromatic carbocycles. The third-order valence-electron chi connectivity index (χ3n) is 6.41. The lowest BCUT2D eigenvalue weighted by Gasteiger charge is -2.33. The zero-order chi connectivity index (χ0) is 30.9. The maximum absolute atomic E-state index is 14.1. The molecule has 3 rings (SSSR count). The molecule has 0 fully saturated rings. The van der Waals surface area contributed by atoms with Crippen LogP contribution in [-0.4, -0.2) is 50.9 Å². The Kier molecular flexibility index (Phi) is 12.4. The second kappa shape index (κ2) is 15.5. The number of ether oxygens (including phenoxy) is 1. The number of halogens is 3. The van der Waals surface area contributed by atoms with Crippen molar-refractivity contribution in [3.05, 3.63) is 87.4 Å². The van der Waals surface area contributed by atoms with Crippen LogP contribution in [0.4, 0.5) is 5.69 Å². The Morgan fingerprint density at radius 1 is 0.905 bits per heavy atom. The first-order valence-corrected chi connectivity index (χ1v) is 16.1. The monoisotopic (exact) mass is 653 g/mol. The molecular weight excluding hydrogens is 621 g/mol. The van der Waals surface area contributed by atoms with Crippen molar-refractivity contribution in [3.8, 4) is 5.75 Å². The van der Waals surface area contributed by atoms with Crippen LogP contribution >= 0.6 is 34.8 Å². The Morgan fingerprint density at radius 2 is 1.55 bits per heavy atom. The Bertz CT molecular complexity index is 1470. The number of sulfonamides is 1. The van der Waals surface area contributed by atoms with E-state index in [1.165, 1.54) is 29.2 Å². The molecule has 0 spiro atoms. The van der Waals surface area contributed by atoms with Crippen molar-refractivity contribution in [1.29, 1.82) is 0 Å². The van der Waals surface area contributed by atoms with E-state index in [9.17, 15) is 18.0 Å². The summed E-state index contributed by atoms with van der Waals surface area (Å²) in [7, 11) is -4.24. The fraction of sp³-hybridized carbons (Fsp3) is 0.333. The number of carbonyl (C=O) groups excluding carboxylic acids is 2. The Balaban J connectivity index is 2.07. The van der Waals surface area contributed by atoms with E-state index in [0.717, 1.165) is 4.31 Å². The van der Waals surface area contributed by atoms with Crippen LogP contribution in [0.1, 0.15) is 39.2 Å². The van der Waals surface area contributed by atoms with E-state index in [4.69, 9.17) is 39.5 Å². The Hall–Kier alpha value is -2.98. The summed E-state index contributed by atoms with van der Waals surface area (Å²) < 4.78 is 34.4. The molecule has 8 nitrogen and oxygen atoms in total. The van der Waals surface area contributed by atoms with Crippen molar-refractivity contribution < 1.29 is 22.7 Å². The minimum absolute atomic E-state index is 0.0367. The smallest absolute Gasteiger partial charge is 0.264 e. The summed E-state index contributed by atoms with van der Waals surface area (Å²) in [5.74, 6) is -0.383. The molecule has 0 unspecified atom stereocenters. The molecule has 0 radical (unpaired) electrons. The van der Waals surface area contributed by atoms with E-state index in [0.29, 0.717) is 52.4 Å². The highest BCUT2D eigenvalue weighted by Gasteiger charge is 2.34. The van der Waals surface area contributed by atoms with Gasteiger partial charge in [0.05, 0.1) is 17.2 Å². The zero-order valence-corrected chi connectivity index (χ0v) is 26.7. The number of rotatable bonds is 14. The van der Waals surface area contributed by atoms with Gasteiger partial charge in [-0.15, -0.1) is 0 Å². The van der Waals surface area contributed by atoms with Gasteiger partial charge in [0.1, 0.15) is 18.3 Å². The van der Waals surface area contributed by atoms with Gasteiger partial charge in [0.2, 0.25) is 11.8 Å². The van der Waals surface area contributed by atoms with Crippen molar-refractivity contribution in [1.82, 2.24) is 10.2 Å². The summed E-state index contributed by atoms with van der Waals surface area (Å²) in [5, 5.41) is 3.96. The summed E-state index contributed by atoms with van der Waals surface area (Å²) in [5.41, 5.74) is 0.805. The molecular formula is C30H34Cl3N3O5S. The maximum Gasteiger partial charge on any atom is 0.264 e. The number of nitrogens with one attached hydrogen (secondary N) is 1. The molecule has 226 valence electrons. The van der Waals surface area contributed by atoms with Crippen LogP contribution in [-0.2, 0) is 26.2 Å². The lowest BCUT2D eigenvalue weighted by molar-refractivity contribution is -0.140. The number of hydrogen-bond donors (Lipinski definition) is 1. The standard InChI is InChI=1S/C30H34Cl3N3O5S/c1-4-17-34-30(38)28(5-2)35(19-21-7-8-23(32)18-27(21)33)29(37)20-36(24-11-13-25(14-12-24)41-6-3)42(39,40)26-15-9-22(31)10-16-26/h7-16,18,28H,4-6,17,19-20H2,1-3H3,(H,34,38)/t28-/m1/s1. The van der Waals surface area contributed by atoms with Gasteiger partial charge in [-0.1, -0.05) is 54.7 Å². The number of benzene rings is 3. The average molecular weight is 655 g/mol. The normalized spacial score (nSPS) is 12.0. The predicted octanol–water partition coefficient (Wildman–Crippen LogP) is 6.57. The Morgan fingerprint density at radius 3 is 2.12 bits per heavy atom. The Labute approximate surface area is 262 Å². The highest BCUT2D eigenvalue weighted by atomic mass is 35.5. The van der Waals surface area contributed by atoms with Gasteiger partial charge in [0.25, 0.3) is 10.0 Å². The van der Waals surface area contributed by atoms with Crippen molar-refractivity contribution >= 4 is 62.3 Å². The number of anilines is 1. The van der Waals surface area contributed by atoms with Crippen molar-refractivity contribution in [3.63, 3.8) is 0 Å². The van der Waals surface area contributed by atoms with Gasteiger partial charge in [0.15, 0.2) is 0 Å². The van der Waals surface area contributed by atoms with E-state index >= 15 is 0 Å². The molecule has 0 aliphatic rings. The molecule has 0 saturated carbocycles. The third-order valence-corrected chi connectivity index (χ3v) is 9.03. The molecule has 3 aromatic rings. The fourth-order valence-electron chi connectivity index (χ4n) is 4.26. The molecule has 1 N–H and O–H groups in total. The molecule has 0 aromatic heterocycles. The molecule has 12 heteroatoms. The summed E-state index contributed by atoms with van der Waals surface area (Å²) in [6, 6.07) is 16.1. The molecule has 0 saturated heterocycles. The zero-order valence-electron chi connectivity index (χ0n) is 23.6. The minimum atomic E-state index is -4.24. The maximum atomic E-state index is 14.1. The van der Waals surface area contributed by atoms with Crippen LogP contribution in [0.5, 0.6) is 5.75 Å². The van der Waals surface area contributed by atoms with Gasteiger partial charge in [0, 0.05) is 28.2 Å². The third kappa shape index (κ3) is 8.53. The first-order valence-electron chi connectivity index (χ1n) is 13.5. The first kappa shape index (κ1) is 33.5. The second-order valence-corrected chi connectivity index (χ2v) is 12.5. The first-order chi connectivity index (χ1) is 20.0. The van der Waals surface area contributed by atoms with Gasteiger partial charge in [-0.05, 0) is 86.0 Å². The molecule has 1 atom stereocenters. The number of nitrogens with zero attached hydrogens (tertiary/aromatic N) is 2. The molecule has 0 heterocycles. The van der Waals surface area contributed by atoms with Gasteiger partial charge in [-0.2, -0.15) is 0 Å². The van der Waals surface area contributed by atoms with E-state index in [2.05, 4.69) is 5.32 Å². The van der Waals surface area contributed by atoms with Crippen LogP contribution in [0.15, 0.2) is 71.6 Å². The largest absolute Gasteiger partial charge is 0.494 e. The topological polar surface area (TPSA) is 96.0 Å². The van der Waals surface area contributed by atoms with Gasteiger partial charge >= 0.3 is 0 Å². The van der Waals surface area contributed by atoms with Gasteiger partial charge in [-0.3, -0.25) is 13.9 Å². The van der Waals surface area contributed by atoms with E-state index in [1.54, 1.807) is 49.4 Å². The SMILES string of the molecule is CCCNC(=O)[C@@H](CC)N(Cc1ccc(Cl)cc1Cl)C(=O)CN(c1ccc(OCC)cc1)S(=O)(=O)c1ccc(Cl)cc1. The summed E-state index contributed by atoms with van der Waals surface area (Å²) in [6.07, 6.45) is 1.00. The quantitative estimate of drug-likeness (QED) is 0.212. The van der Waals surface area contributed by atoms with Crippen molar-refractivity contribution in [2.45, 2.75) is 51.1 Å². The van der Waals surface area contributed by atoms with E-state index in [1.807, 2.05) is 13.8 Å². The molecule has 2 amide bonds. The van der Waals surface area contributed by atoms with Crippen LogP contribution in [0.2, 0.25) is 15.1 Å². The van der Waals surface area contributed by atoms with Crippen LogP contribution < -0.4 is 14.4 Å². The van der Waals surface area contributed by atoms with Crippen molar-refractivity contribution in [2.75, 3.05) is 24.0 Å². The van der Waals surface area contributed by atoms with E-state index < -0.39 is 28.5 Å². The molecule has 0 aliphatic heterocycles. The summed E-state index contributed by atoms with van der Waals surface area (Å²) in [4.78, 5) is 28.6. The average Bonchev–Trinajstić information content (AvgIpc) is 2.96. The van der Waals surface area contributed by atoms with Crippen LogP contribution in [0, 0.1) is 0 Å². The van der Waals surface area contributed by atoms with Gasteiger partial charge < -0.3 is 15.0 Å². The minimum Gasteiger partial charge on any atom is -0.494 e. The van der Waals surface area contributed by atoms with Crippen LogP contribution in [0.25, 0.3) is 0 Å². The van der Waals surface area contributed by atoms with E-state index in [-0.39, 0.29) is 23.0 Å². The van der Waals surface area contributed by atoms with Gasteiger partial charge in [-0.25, -0.2) is 8.42 Å². The number of hydrogen-bond acceptors (Lipinski definition) is 5. The fourth-order valence-corrected chi connectivity index (χ4v) is 6.27. The van der Waals surface area contributed by atoms with Crippen molar-refractivity contribution in [2.24, 2.45) is 0 Å². The second-order valence-electron chi connectivity index (χ2n) is 9.36.